The summed E-state index contributed by atoms with van der Waals surface area (Å²) in [5.74, 6) is -1.67. The van der Waals surface area contributed by atoms with E-state index in [-0.39, 0.29) is 6.42 Å². The van der Waals surface area contributed by atoms with Crippen molar-refractivity contribution >= 4 is 45.1 Å². The normalized spacial score (nSPS) is 10.1. The molecule has 1 heterocycles. The molecule has 0 saturated carbocycles. The van der Waals surface area contributed by atoms with Gasteiger partial charge in [0.05, 0.1) is 12.0 Å². The van der Waals surface area contributed by atoms with E-state index in [0.717, 1.165) is 10.2 Å². The molecule has 0 radical (unpaired) electrons. The molecule has 0 aliphatic carbocycles. The number of halogens is 1. The van der Waals surface area contributed by atoms with Crippen LogP contribution in [0.3, 0.4) is 0 Å². The van der Waals surface area contributed by atoms with E-state index < -0.39 is 24.4 Å². The number of amides is 2. The highest BCUT2D eigenvalue weighted by Crippen LogP contribution is 2.12. The Balaban J connectivity index is 1.71. The van der Waals surface area contributed by atoms with E-state index in [2.05, 4.69) is 31.8 Å². The van der Waals surface area contributed by atoms with Crippen molar-refractivity contribution in [1.82, 2.24) is 15.8 Å². The zero-order chi connectivity index (χ0) is 17.5. The first-order valence-corrected chi connectivity index (χ1v) is 8.52. The average molecular weight is 412 g/mol. The van der Waals surface area contributed by atoms with Gasteiger partial charge in [-0.1, -0.05) is 22.0 Å². The van der Waals surface area contributed by atoms with Crippen LogP contribution in [0.25, 0.3) is 0 Å². The number of aromatic nitrogens is 1. The minimum atomic E-state index is -0.637. The first kappa shape index (κ1) is 18.1. The Morgan fingerprint density at radius 1 is 1.25 bits per heavy atom. The number of esters is 1. The average Bonchev–Trinajstić information content (AvgIpc) is 2.95. The molecule has 0 spiro atoms. The molecule has 0 atom stereocenters. The third kappa shape index (κ3) is 5.74. The molecule has 126 valence electrons. The summed E-state index contributed by atoms with van der Waals surface area (Å²) in [6, 6.07) is 6.60. The molecule has 2 aromatic rings. The van der Waals surface area contributed by atoms with Gasteiger partial charge in [-0.2, -0.15) is 0 Å². The van der Waals surface area contributed by atoms with Crippen molar-refractivity contribution in [3.05, 3.63) is 50.4 Å². The van der Waals surface area contributed by atoms with Crippen molar-refractivity contribution in [3.63, 3.8) is 0 Å². The number of carbonyl (C=O) groups is 3. The molecule has 1 aromatic carbocycles. The van der Waals surface area contributed by atoms with Gasteiger partial charge in [0, 0.05) is 15.5 Å². The van der Waals surface area contributed by atoms with Crippen LogP contribution in [0.1, 0.15) is 21.1 Å². The van der Waals surface area contributed by atoms with Crippen molar-refractivity contribution in [2.75, 3.05) is 6.61 Å². The number of benzene rings is 1. The van der Waals surface area contributed by atoms with Crippen molar-refractivity contribution in [3.8, 4) is 0 Å². The molecule has 0 aliphatic rings. The number of rotatable bonds is 5. The highest BCUT2D eigenvalue weighted by Gasteiger charge is 2.12. The summed E-state index contributed by atoms with van der Waals surface area (Å²) < 4.78 is 5.59. The van der Waals surface area contributed by atoms with E-state index in [1.807, 2.05) is 12.3 Å². The van der Waals surface area contributed by atoms with Gasteiger partial charge in [0.15, 0.2) is 6.61 Å². The third-order valence-electron chi connectivity index (χ3n) is 2.71. The zero-order valence-corrected chi connectivity index (χ0v) is 15.1. The molecule has 0 bridgehead atoms. The molecule has 2 amide bonds. The summed E-state index contributed by atoms with van der Waals surface area (Å²) in [7, 11) is 0. The molecule has 24 heavy (non-hydrogen) atoms. The van der Waals surface area contributed by atoms with Crippen molar-refractivity contribution in [2.45, 2.75) is 13.3 Å². The fourth-order valence-electron chi connectivity index (χ4n) is 1.67. The molecule has 2 N–H and O–H groups in total. The lowest BCUT2D eigenvalue weighted by atomic mass is 10.2. The minimum Gasteiger partial charge on any atom is -0.452 e. The van der Waals surface area contributed by atoms with Gasteiger partial charge < -0.3 is 4.74 Å². The van der Waals surface area contributed by atoms with Crippen LogP contribution in [0, 0.1) is 6.92 Å². The number of thiazole rings is 1. The third-order valence-corrected chi connectivity index (χ3v) is 4.17. The van der Waals surface area contributed by atoms with Gasteiger partial charge in [-0.25, -0.2) is 9.78 Å². The standard InChI is InChI=1S/C15H14BrN3O4S/c1-9-8-24-14(17-9)6-12(20)18-19-13(21)7-23-15(22)10-3-2-4-11(16)5-10/h2-5,8H,6-7H2,1H3,(H,18,20)(H,19,21). The van der Waals surface area contributed by atoms with Crippen molar-refractivity contribution < 1.29 is 19.1 Å². The number of carbonyl (C=O) groups excluding carboxylic acids is 3. The van der Waals surface area contributed by atoms with Gasteiger partial charge in [0.1, 0.15) is 5.01 Å². The SMILES string of the molecule is Cc1csc(CC(=O)NNC(=O)COC(=O)c2cccc(Br)c2)n1. The van der Waals surface area contributed by atoms with Gasteiger partial charge >= 0.3 is 5.97 Å². The molecule has 1 aromatic heterocycles. The molecule has 2 rings (SSSR count). The predicted molar refractivity (Wildman–Crippen MR) is 91.3 cm³/mol. The molecule has 0 saturated heterocycles. The van der Waals surface area contributed by atoms with Crippen LogP contribution in [0.4, 0.5) is 0 Å². The Kier molecular flexibility index (Phi) is 6.44. The van der Waals surface area contributed by atoms with Crippen LogP contribution in [0.2, 0.25) is 0 Å². The van der Waals surface area contributed by atoms with E-state index in [9.17, 15) is 14.4 Å². The first-order chi connectivity index (χ1) is 11.4. The minimum absolute atomic E-state index is 0.0661. The maximum atomic E-state index is 11.8. The lowest BCUT2D eigenvalue weighted by molar-refractivity contribution is -0.130. The molecule has 0 aliphatic heterocycles. The summed E-state index contributed by atoms with van der Waals surface area (Å²) in [5, 5.41) is 2.49. The second kappa shape index (κ2) is 8.55. The number of nitrogens with zero attached hydrogens (tertiary/aromatic N) is 1. The van der Waals surface area contributed by atoms with Gasteiger partial charge in [-0.15, -0.1) is 11.3 Å². The van der Waals surface area contributed by atoms with Crippen LogP contribution < -0.4 is 10.9 Å². The molecule has 0 unspecified atom stereocenters. The van der Waals surface area contributed by atoms with Crippen LogP contribution in [-0.2, 0) is 20.7 Å². The number of ether oxygens (including phenoxy) is 1. The molecule has 7 nitrogen and oxygen atoms in total. The van der Waals surface area contributed by atoms with Crippen LogP contribution in [-0.4, -0.2) is 29.4 Å². The van der Waals surface area contributed by atoms with E-state index in [4.69, 9.17) is 4.74 Å². The topological polar surface area (TPSA) is 97.4 Å². The van der Waals surface area contributed by atoms with E-state index in [0.29, 0.717) is 10.6 Å². The number of nitrogens with one attached hydrogen (secondary N) is 2. The second-order valence-corrected chi connectivity index (χ2v) is 6.60. The fourth-order valence-corrected chi connectivity index (χ4v) is 2.84. The van der Waals surface area contributed by atoms with E-state index in [1.54, 1.807) is 24.3 Å². The lowest BCUT2D eigenvalue weighted by Crippen LogP contribution is -2.44. The maximum Gasteiger partial charge on any atom is 0.338 e. The molecule has 9 heteroatoms. The Morgan fingerprint density at radius 2 is 2.00 bits per heavy atom. The largest absolute Gasteiger partial charge is 0.452 e. The van der Waals surface area contributed by atoms with Gasteiger partial charge in [0.25, 0.3) is 5.91 Å². The Morgan fingerprint density at radius 3 is 2.67 bits per heavy atom. The Hall–Kier alpha value is -2.26. The summed E-state index contributed by atoms with van der Waals surface area (Å²) in [6.07, 6.45) is 0.0661. The quantitative estimate of drug-likeness (QED) is 0.576. The van der Waals surface area contributed by atoms with Gasteiger partial charge in [0.2, 0.25) is 5.91 Å². The number of hydrazine groups is 1. The molecule has 0 fully saturated rings. The lowest BCUT2D eigenvalue weighted by Gasteiger charge is -2.07. The first-order valence-electron chi connectivity index (χ1n) is 6.85. The van der Waals surface area contributed by atoms with Crippen molar-refractivity contribution in [1.29, 1.82) is 0 Å². The highest BCUT2D eigenvalue weighted by molar-refractivity contribution is 9.10. The summed E-state index contributed by atoms with van der Waals surface area (Å²) >= 11 is 4.61. The smallest absolute Gasteiger partial charge is 0.338 e. The Labute approximate surface area is 150 Å². The summed E-state index contributed by atoms with van der Waals surface area (Å²) in [4.78, 5) is 39.1. The number of hydrogen-bond acceptors (Lipinski definition) is 6. The fraction of sp³-hybridized carbons (Fsp3) is 0.200. The summed E-state index contributed by atoms with van der Waals surface area (Å²) in [6.45, 7) is 1.33. The van der Waals surface area contributed by atoms with E-state index in [1.165, 1.54) is 11.3 Å². The monoisotopic (exact) mass is 411 g/mol. The highest BCUT2D eigenvalue weighted by atomic mass is 79.9. The molecular weight excluding hydrogens is 398 g/mol. The maximum absolute atomic E-state index is 11.8. The molecular formula is C15H14BrN3O4S. The second-order valence-electron chi connectivity index (χ2n) is 4.74. The number of aryl methyl sites for hydroxylation is 1. The van der Waals surface area contributed by atoms with Gasteiger partial charge in [-0.05, 0) is 25.1 Å². The van der Waals surface area contributed by atoms with Crippen LogP contribution >= 0.6 is 27.3 Å². The predicted octanol–water partition coefficient (Wildman–Crippen LogP) is 1.76. The van der Waals surface area contributed by atoms with Crippen molar-refractivity contribution in [2.24, 2.45) is 0 Å². The number of hydrogen-bond donors (Lipinski definition) is 2. The van der Waals surface area contributed by atoms with Crippen LogP contribution in [0.5, 0.6) is 0 Å². The van der Waals surface area contributed by atoms with E-state index >= 15 is 0 Å². The Bertz CT molecular complexity index is 763. The van der Waals surface area contributed by atoms with Gasteiger partial charge in [-0.3, -0.25) is 20.4 Å². The van der Waals surface area contributed by atoms with Crippen LogP contribution in [0.15, 0.2) is 34.1 Å². The summed E-state index contributed by atoms with van der Waals surface area (Å²) in [5.41, 5.74) is 5.58. The zero-order valence-electron chi connectivity index (χ0n) is 12.7.